The average molecular weight is 474 g/mol. The maximum Gasteiger partial charge on any atom is 0.262 e. The van der Waals surface area contributed by atoms with Crippen molar-refractivity contribution in [3.05, 3.63) is 47.5 Å². The van der Waals surface area contributed by atoms with E-state index in [1.807, 2.05) is 43.3 Å². The first-order valence-corrected chi connectivity index (χ1v) is 10.8. The molecule has 1 heterocycles. The molecule has 1 aliphatic heterocycles. The van der Waals surface area contributed by atoms with Crippen LogP contribution in [0.4, 0.5) is 5.69 Å². The van der Waals surface area contributed by atoms with Gasteiger partial charge in [-0.3, -0.25) is 9.59 Å². The van der Waals surface area contributed by atoms with Crippen molar-refractivity contribution in [2.24, 2.45) is 10.7 Å². The number of rotatable bonds is 7. The van der Waals surface area contributed by atoms with Crippen LogP contribution in [0.5, 0.6) is 17.2 Å². The van der Waals surface area contributed by atoms with Gasteiger partial charge in [0.1, 0.15) is 5.25 Å². The monoisotopic (exact) mass is 473 g/mol. The van der Waals surface area contributed by atoms with Crippen molar-refractivity contribution in [2.45, 2.75) is 18.1 Å². The van der Waals surface area contributed by atoms with Crippen LogP contribution in [0, 0.1) is 5.41 Å². The molecule has 0 aliphatic carbocycles. The molecule has 1 atom stereocenters. The molecule has 0 saturated heterocycles. The predicted molar refractivity (Wildman–Crippen MR) is 129 cm³/mol. The van der Waals surface area contributed by atoms with Crippen LogP contribution in [0.3, 0.4) is 0 Å². The number of amides is 2. The molecule has 11 heteroatoms. The van der Waals surface area contributed by atoms with E-state index in [4.69, 9.17) is 26.5 Å². The molecule has 0 aromatic heterocycles. The van der Waals surface area contributed by atoms with Crippen molar-refractivity contribution in [1.29, 1.82) is 5.41 Å². The fraction of sp³-hybridized carbons (Fsp3) is 0.273. The number of aromatic hydroxyl groups is 3. The van der Waals surface area contributed by atoms with Crippen LogP contribution in [0.1, 0.15) is 17.5 Å². The van der Waals surface area contributed by atoms with Gasteiger partial charge in [0.05, 0.1) is 0 Å². The first-order chi connectivity index (χ1) is 15.6. The number of carbonyl (C=O) groups excluding carboxylic acids is 2. The molecule has 1 aliphatic rings. The lowest BCUT2D eigenvalue weighted by atomic mass is 10.1. The summed E-state index contributed by atoms with van der Waals surface area (Å²) in [5.41, 5.74) is 7.92. The van der Waals surface area contributed by atoms with Crippen molar-refractivity contribution < 1.29 is 24.9 Å². The summed E-state index contributed by atoms with van der Waals surface area (Å²) in [6, 6.07) is 10.7. The second kappa shape index (κ2) is 11.8. The summed E-state index contributed by atoms with van der Waals surface area (Å²) in [6.07, 6.45) is 1.76. The van der Waals surface area contributed by atoms with Crippen LogP contribution < -0.4 is 16.0 Å². The van der Waals surface area contributed by atoms with E-state index in [0.29, 0.717) is 6.54 Å². The summed E-state index contributed by atoms with van der Waals surface area (Å²) in [5, 5.41) is 36.1. The number of carbonyl (C=O) groups is 2. The Labute approximate surface area is 195 Å². The van der Waals surface area contributed by atoms with Gasteiger partial charge in [-0.1, -0.05) is 23.9 Å². The van der Waals surface area contributed by atoms with E-state index in [2.05, 4.69) is 10.3 Å². The fourth-order valence-corrected chi connectivity index (χ4v) is 3.60. The molecule has 2 aromatic carbocycles. The Morgan fingerprint density at radius 2 is 1.85 bits per heavy atom. The molecule has 0 bridgehead atoms. The summed E-state index contributed by atoms with van der Waals surface area (Å²) in [6.45, 7) is 0.544. The zero-order chi connectivity index (χ0) is 24.5. The van der Waals surface area contributed by atoms with E-state index in [1.54, 1.807) is 0 Å². The van der Waals surface area contributed by atoms with Crippen molar-refractivity contribution in [1.82, 2.24) is 5.32 Å². The SMILES string of the molecule is CN(C)c1ccc(CCNC(=O)CC2SC(N)=NC2=O)cc1.N=Cc1ccc(O)c(O)c1O. The second-order valence-electron chi connectivity index (χ2n) is 7.28. The van der Waals surface area contributed by atoms with Crippen LogP contribution in [0.2, 0.25) is 0 Å². The molecule has 0 saturated carbocycles. The molecule has 2 aromatic rings. The minimum Gasteiger partial charge on any atom is -0.504 e. The number of thioether (sulfide) groups is 1. The lowest BCUT2D eigenvalue weighted by Crippen LogP contribution is -2.29. The molecule has 0 fully saturated rings. The van der Waals surface area contributed by atoms with E-state index in [0.717, 1.165) is 35.6 Å². The summed E-state index contributed by atoms with van der Waals surface area (Å²) in [4.78, 5) is 28.9. The summed E-state index contributed by atoms with van der Waals surface area (Å²) < 4.78 is 0. The zero-order valence-corrected chi connectivity index (χ0v) is 19.1. The largest absolute Gasteiger partial charge is 0.504 e. The number of nitrogens with zero attached hydrogens (tertiary/aromatic N) is 2. The minimum absolute atomic E-state index is 0.118. The van der Waals surface area contributed by atoms with Gasteiger partial charge < -0.3 is 36.7 Å². The van der Waals surface area contributed by atoms with Crippen molar-refractivity contribution in [2.75, 3.05) is 25.5 Å². The Hall–Kier alpha value is -3.73. The fourth-order valence-electron chi connectivity index (χ4n) is 2.78. The lowest BCUT2D eigenvalue weighted by Gasteiger charge is -2.13. The molecule has 0 radical (unpaired) electrons. The number of phenols is 3. The summed E-state index contributed by atoms with van der Waals surface area (Å²) in [5.74, 6) is -1.93. The highest BCUT2D eigenvalue weighted by atomic mass is 32.2. The number of phenolic OH excluding ortho intramolecular Hbond substituents is 3. The maximum absolute atomic E-state index is 11.8. The summed E-state index contributed by atoms with van der Waals surface area (Å²) in [7, 11) is 3.99. The molecule has 3 rings (SSSR count). The second-order valence-corrected chi connectivity index (χ2v) is 8.50. The van der Waals surface area contributed by atoms with Crippen LogP contribution in [0.25, 0.3) is 0 Å². The lowest BCUT2D eigenvalue weighted by molar-refractivity contribution is -0.124. The van der Waals surface area contributed by atoms with Gasteiger partial charge in [-0.2, -0.15) is 4.99 Å². The van der Waals surface area contributed by atoms with Gasteiger partial charge in [0.15, 0.2) is 16.7 Å². The number of benzene rings is 2. The van der Waals surface area contributed by atoms with Gasteiger partial charge in [-0.25, -0.2) is 0 Å². The first-order valence-electron chi connectivity index (χ1n) is 9.94. The van der Waals surface area contributed by atoms with Gasteiger partial charge in [0.2, 0.25) is 11.7 Å². The van der Waals surface area contributed by atoms with Crippen LogP contribution in [-0.4, -0.2) is 64.4 Å². The van der Waals surface area contributed by atoms with Crippen LogP contribution >= 0.6 is 11.8 Å². The number of hydrogen-bond acceptors (Lipinski definition) is 9. The quantitative estimate of drug-likeness (QED) is 0.260. The minimum atomic E-state index is -0.592. The number of nitrogens with one attached hydrogen (secondary N) is 2. The first kappa shape index (κ1) is 25.5. The van der Waals surface area contributed by atoms with Gasteiger partial charge in [0, 0.05) is 44.5 Å². The number of anilines is 1. The van der Waals surface area contributed by atoms with Crippen LogP contribution in [0.15, 0.2) is 41.4 Å². The Kier molecular flexibility index (Phi) is 9.10. The van der Waals surface area contributed by atoms with E-state index in [1.165, 1.54) is 12.1 Å². The third kappa shape index (κ3) is 7.42. The molecule has 1 unspecified atom stereocenters. The third-order valence-corrected chi connectivity index (χ3v) is 5.62. The van der Waals surface area contributed by atoms with E-state index in [9.17, 15) is 9.59 Å². The maximum atomic E-state index is 11.8. The van der Waals surface area contributed by atoms with Gasteiger partial charge in [-0.15, -0.1) is 0 Å². The third-order valence-electron chi connectivity index (χ3n) is 4.63. The molecule has 10 nitrogen and oxygen atoms in total. The predicted octanol–water partition coefficient (Wildman–Crippen LogP) is 1.56. The van der Waals surface area contributed by atoms with E-state index < -0.39 is 22.5 Å². The molecule has 0 spiro atoms. The zero-order valence-electron chi connectivity index (χ0n) is 18.3. The standard InChI is InChI=1S/C15H20N4O2S.C7H7NO3/c1-19(2)11-5-3-10(4-6-11)7-8-17-13(20)9-12-14(21)18-15(16)22-12;8-3-4-1-2-5(9)7(11)6(4)10/h3-6,12H,7-9H2,1-2H3,(H,17,20)(H2,16,18,21);1-3,8-11H. The van der Waals surface area contributed by atoms with Crippen molar-refractivity contribution in [3.63, 3.8) is 0 Å². The van der Waals surface area contributed by atoms with Crippen molar-refractivity contribution >= 4 is 40.6 Å². The molecule has 2 amide bonds. The summed E-state index contributed by atoms with van der Waals surface area (Å²) >= 11 is 1.15. The molecule has 7 N–H and O–H groups in total. The molecule has 176 valence electrons. The molecular weight excluding hydrogens is 446 g/mol. The number of amidine groups is 1. The smallest absolute Gasteiger partial charge is 0.262 e. The van der Waals surface area contributed by atoms with Crippen molar-refractivity contribution in [3.8, 4) is 17.2 Å². The van der Waals surface area contributed by atoms with Gasteiger partial charge >= 0.3 is 0 Å². The number of nitrogens with two attached hydrogens (primary N) is 1. The van der Waals surface area contributed by atoms with Gasteiger partial charge in [-0.05, 0) is 36.2 Å². The number of hydrogen-bond donors (Lipinski definition) is 6. The Bertz CT molecular complexity index is 1040. The van der Waals surface area contributed by atoms with Gasteiger partial charge in [0.25, 0.3) is 5.91 Å². The highest BCUT2D eigenvalue weighted by Crippen LogP contribution is 2.35. The normalized spacial score (nSPS) is 14.7. The van der Waals surface area contributed by atoms with Crippen LogP contribution in [-0.2, 0) is 16.0 Å². The molecule has 33 heavy (non-hydrogen) atoms. The average Bonchev–Trinajstić information content (AvgIpc) is 3.09. The highest BCUT2D eigenvalue weighted by molar-refractivity contribution is 8.15. The Morgan fingerprint density at radius 1 is 1.18 bits per heavy atom. The number of aliphatic imine (C=N–C) groups is 1. The topological polar surface area (TPSA) is 172 Å². The molecular formula is C22H27N5O5S. The Balaban J connectivity index is 0.000000294. The van der Waals surface area contributed by atoms with E-state index in [-0.39, 0.29) is 29.0 Å². The Morgan fingerprint density at radius 3 is 2.39 bits per heavy atom. The highest BCUT2D eigenvalue weighted by Gasteiger charge is 2.28. The van der Waals surface area contributed by atoms with E-state index >= 15 is 0 Å².